The molecule has 1 aromatic heterocycles. The van der Waals surface area contributed by atoms with Gasteiger partial charge < -0.3 is 15.0 Å². The van der Waals surface area contributed by atoms with E-state index >= 15 is 0 Å². The zero-order valence-corrected chi connectivity index (χ0v) is 15.5. The van der Waals surface area contributed by atoms with Crippen molar-refractivity contribution in [3.05, 3.63) is 34.4 Å². The molecule has 0 aliphatic heterocycles. The molecule has 3 rings (SSSR count). The van der Waals surface area contributed by atoms with Crippen LogP contribution in [0, 0.1) is 5.92 Å². The van der Waals surface area contributed by atoms with Crippen LogP contribution in [0.3, 0.4) is 0 Å². The normalized spacial score (nSPS) is 16.2. The Bertz CT molecular complexity index is 703. The lowest BCUT2D eigenvalue weighted by Crippen LogP contribution is -2.29. The molecule has 1 aliphatic rings. The van der Waals surface area contributed by atoms with Crippen LogP contribution in [-0.4, -0.2) is 28.7 Å². The number of hydrogen-bond donors (Lipinski definition) is 2. The molecule has 1 heterocycles. The van der Waals surface area contributed by atoms with Crippen LogP contribution in [0.25, 0.3) is 10.9 Å². The summed E-state index contributed by atoms with van der Waals surface area (Å²) in [6.45, 7) is 1.30. The summed E-state index contributed by atoms with van der Waals surface area (Å²) in [5.41, 5.74) is 1.65. The lowest BCUT2D eigenvalue weighted by Gasteiger charge is -2.14. The van der Waals surface area contributed by atoms with E-state index in [9.17, 15) is 9.90 Å². The van der Waals surface area contributed by atoms with Gasteiger partial charge in [0.2, 0.25) is 0 Å². The molecule has 1 saturated carbocycles. The van der Waals surface area contributed by atoms with Crippen molar-refractivity contribution in [2.45, 2.75) is 45.1 Å². The van der Waals surface area contributed by atoms with Gasteiger partial charge >= 0.3 is 0 Å². The maximum absolute atomic E-state index is 12.7. The van der Waals surface area contributed by atoms with Gasteiger partial charge in [-0.15, -0.1) is 0 Å². The molecule has 1 fully saturated rings. The molecule has 130 valence electrons. The molecule has 2 aromatic rings. The molecule has 1 aromatic carbocycles. The third-order valence-corrected chi connectivity index (χ3v) is 5.63. The first-order valence-corrected chi connectivity index (χ1v) is 9.66. The zero-order chi connectivity index (χ0) is 16.9. The summed E-state index contributed by atoms with van der Waals surface area (Å²) in [6, 6.07) is 5.89. The number of halogens is 1. The number of nitrogens with zero attached hydrogens (tertiary/aromatic N) is 1. The molecule has 0 radical (unpaired) electrons. The molecule has 4 nitrogen and oxygen atoms in total. The maximum Gasteiger partial charge on any atom is 0.253 e. The Morgan fingerprint density at radius 1 is 1.25 bits per heavy atom. The number of aromatic nitrogens is 1. The van der Waals surface area contributed by atoms with Crippen LogP contribution in [0.4, 0.5) is 0 Å². The lowest BCUT2D eigenvalue weighted by molar-refractivity contribution is 0.0947. The van der Waals surface area contributed by atoms with E-state index in [1.165, 1.54) is 38.5 Å². The monoisotopic (exact) mass is 392 g/mol. The first kappa shape index (κ1) is 17.5. The number of aliphatic hydroxyl groups excluding tert-OH is 1. The van der Waals surface area contributed by atoms with E-state index < -0.39 is 0 Å². The summed E-state index contributed by atoms with van der Waals surface area (Å²) < 4.78 is 2.86. The lowest BCUT2D eigenvalue weighted by atomic mass is 10.0. The Hall–Kier alpha value is -1.33. The van der Waals surface area contributed by atoms with E-state index in [0.29, 0.717) is 18.0 Å². The summed E-state index contributed by atoms with van der Waals surface area (Å²) in [5, 5.41) is 13.3. The van der Waals surface area contributed by atoms with Crippen LogP contribution in [0.15, 0.2) is 28.9 Å². The molecule has 2 N–H and O–H groups in total. The van der Waals surface area contributed by atoms with Crippen LogP contribution in [-0.2, 0) is 6.54 Å². The average Bonchev–Trinajstić information content (AvgIpc) is 2.77. The van der Waals surface area contributed by atoms with E-state index in [1.807, 2.05) is 29.0 Å². The molecular weight excluding hydrogens is 368 g/mol. The molecule has 24 heavy (non-hydrogen) atoms. The fourth-order valence-corrected chi connectivity index (χ4v) is 4.24. The van der Waals surface area contributed by atoms with Gasteiger partial charge in [0, 0.05) is 29.1 Å². The number of carbonyl (C=O) groups excluding carboxylic acids is 1. The summed E-state index contributed by atoms with van der Waals surface area (Å²) in [6.07, 6.45) is 9.50. The van der Waals surface area contributed by atoms with Crippen LogP contribution < -0.4 is 5.32 Å². The van der Waals surface area contributed by atoms with Gasteiger partial charge in [-0.25, -0.2) is 0 Å². The van der Waals surface area contributed by atoms with E-state index in [1.54, 1.807) is 0 Å². The van der Waals surface area contributed by atoms with Crippen LogP contribution in [0.5, 0.6) is 0 Å². The third-order valence-electron chi connectivity index (χ3n) is 4.97. The highest BCUT2D eigenvalue weighted by Gasteiger charge is 2.19. The minimum Gasteiger partial charge on any atom is -0.395 e. The van der Waals surface area contributed by atoms with Gasteiger partial charge in [0.1, 0.15) is 0 Å². The van der Waals surface area contributed by atoms with Crippen molar-refractivity contribution in [1.29, 1.82) is 0 Å². The summed E-state index contributed by atoms with van der Waals surface area (Å²) >= 11 is 3.56. The van der Waals surface area contributed by atoms with Crippen molar-refractivity contribution in [1.82, 2.24) is 9.88 Å². The summed E-state index contributed by atoms with van der Waals surface area (Å²) in [4.78, 5) is 12.7. The van der Waals surface area contributed by atoms with E-state index in [2.05, 4.69) is 21.2 Å². The molecule has 1 aliphatic carbocycles. The second kappa shape index (κ2) is 8.17. The van der Waals surface area contributed by atoms with Gasteiger partial charge in [0.25, 0.3) is 5.91 Å². The fourth-order valence-electron chi connectivity index (χ4n) is 3.67. The second-order valence-corrected chi connectivity index (χ2v) is 7.52. The minimum absolute atomic E-state index is 0.0205. The highest BCUT2D eigenvalue weighted by Crippen LogP contribution is 2.29. The quantitative estimate of drug-likeness (QED) is 0.752. The maximum atomic E-state index is 12.7. The standard InChI is InChI=1S/C19H25BrN2O2/c20-16-8-5-9-17-18(16)15(13-22(17)10-11-23)19(24)21-12-14-6-3-1-2-4-7-14/h5,8-9,13-14,23H,1-4,6-7,10-12H2,(H,21,24). The Morgan fingerprint density at radius 3 is 2.71 bits per heavy atom. The van der Waals surface area contributed by atoms with E-state index in [4.69, 9.17) is 0 Å². The van der Waals surface area contributed by atoms with Gasteiger partial charge in [-0.05, 0) is 30.9 Å². The number of carbonyl (C=O) groups is 1. The molecule has 0 bridgehead atoms. The van der Waals surface area contributed by atoms with Crippen molar-refractivity contribution in [3.63, 3.8) is 0 Å². The van der Waals surface area contributed by atoms with Crippen molar-refractivity contribution >= 4 is 32.7 Å². The topological polar surface area (TPSA) is 54.3 Å². The highest BCUT2D eigenvalue weighted by atomic mass is 79.9. The van der Waals surface area contributed by atoms with Crippen LogP contribution >= 0.6 is 15.9 Å². The first-order valence-electron chi connectivity index (χ1n) is 8.87. The van der Waals surface area contributed by atoms with Crippen molar-refractivity contribution in [2.24, 2.45) is 5.92 Å². The van der Waals surface area contributed by atoms with Gasteiger partial charge in [-0.3, -0.25) is 4.79 Å². The van der Waals surface area contributed by atoms with Gasteiger partial charge in [-0.1, -0.05) is 47.7 Å². The van der Waals surface area contributed by atoms with Gasteiger partial charge in [0.15, 0.2) is 0 Å². The predicted octanol–water partition coefficient (Wildman–Crippen LogP) is 4.10. The van der Waals surface area contributed by atoms with E-state index in [0.717, 1.165) is 21.9 Å². The SMILES string of the molecule is O=C(NCC1CCCCCC1)c1cn(CCO)c2cccc(Br)c12. The summed E-state index contributed by atoms with van der Waals surface area (Å²) in [5.74, 6) is 0.582. The molecule has 5 heteroatoms. The van der Waals surface area contributed by atoms with E-state index in [-0.39, 0.29) is 12.5 Å². The third kappa shape index (κ3) is 3.83. The highest BCUT2D eigenvalue weighted by molar-refractivity contribution is 9.10. The van der Waals surface area contributed by atoms with Crippen molar-refractivity contribution in [3.8, 4) is 0 Å². The zero-order valence-electron chi connectivity index (χ0n) is 13.9. The van der Waals surface area contributed by atoms with Crippen molar-refractivity contribution < 1.29 is 9.90 Å². The molecule has 0 atom stereocenters. The Kier molecular flexibility index (Phi) is 5.95. The molecule has 1 amide bonds. The Balaban J connectivity index is 1.78. The average molecular weight is 393 g/mol. The molecule has 0 spiro atoms. The Morgan fingerprint density at radius 2 is 2.00 bits per heavy atom. The molecule has 0 unspecified atom stereocenters. The fraction of sp³-hybridized carbons (Fsp3) is 0.526. The van der Waals surface area contributed by atoms with Crippen molar-refractivity contribution in [2.75, 3.05) is 13.2 Å². The van der Waals surface area contributed by atoms with Crippen LogP contribution in [0.1, 0.15) is 48.9 Å². The number of fused-ring (bicyclic) bond motifs is 1. The van der Waals surface area contributed by atoms with Gasteiger partial charge in [0.05, 0.1) is 17.7 Å². The Labute approximate surface area is 151 Å². The number of amides is 1. The second-order valence-electron chi connectivity index (χ2n) is 6.66. The largest absolute Gasteiger partial charge is 0.395 e. The van der Waals surface area contributed by atoms with Gasteiger partial charge in [-0.2, -0.15) is 0 Å². The number of nitrogens with one attached hydrogen (secondary N) is 1. The number of benzene rings is 1. The number of hydrogen-bond acceptors (Lipinski definition) is 2. The smallest absolute Gasteiger partial charge is 0.253 e. The van der Waals surface area contributed by atoms with Crippen LogP contribution in [0.2, 0.25) is 0 Å². The first-order chi connectivity index (χ1) is 11.7. The number of aliphatic hydroxyl groups is 1. The predicted molar refractivity (Wildman–Crippen MR) is 100 cm³/mol. The minimum atomic E-state index is -0.0205. The summed E-state index contributed by atoms with van der Waals surface area (Å²) in [7, 11) is 0. The molecular formula is C19H25BrN2O2. The number of rotatable bonds is 5. The molecule has 0 saturated heterocycles.